The lowest BCUT2D eigenvalue weighted by Gasteiger charge is -2.34. The highest BCUT2D eigenvalue weighted by Crippen LogP contribution is 2.58. The molecule has 0 bridgehead atoms. The highest BCUT2D eigenvalue weighted by Gasteiger charge is 2.42. The van der Waals surface area contributed by atoms with Crippen LogP contribution >= 0.6 is 7.82 Å². The van der Waals surface area contributed by atoms with Crippen molar-refractivity contribution in [2.75, 3.05) is 0 Å². The third kappa shape index (κ3) is 8.26. The molecule has 0 amide bonds. The Labute approximate surface area is 313 Å². The molecule has 4 aromatic carbocycles. The number of aryl methyl sites for hydroxylation is 4. The van der Waals surface area contributed by atoms with Crippen LogP contribution in [0.1, 0.15) is 150 Å². The predicted molar refractivity (Wildman–Crippen MR) is 216 cm³/mol. The van der Waals surface area contributed by atoms with Gasteiger partial charge in [-0.25, -0.2) is 0 Å². The Kier molecular flexibility index (Phi) is 10.1. The van der Waals surface area contributed by atoms with Crippen LogP contribution in [0, 0.1) is 27.7 Å². The highest BCUT2D eigenvalue weighted by atomic mass is 31.2. The molecular weight excluding hydrogens is 663 g/mol. The zero-order valence-electron chi connectivity index (χ0n) is 34.6. The van der Waals surface area contributed by atoms with Crippen molar-refractivity contribution in [3.05, 3.63) is 115 Å². The molecule has 0 saturated heterocycles. The summed E-state index contributed by atoms with van der Waals surface area (Å²) in [6.45, 7) is 33.9. The summed E-state index contributed by atoms with van der Waals surface area (Å²) in [6, 6.07) is 16.8. The van der Waals surface area contributed by atoms with Crippen molar-refractivity contribution in [3.63, 3.8) is 0 Å². The van der Waals surface area contributed by atoms with Gasteiger partial charge in [0, 0.05) is 29.5 Å². The zero-order valence-corrected chi connectivity index (χ0v) is 35.5. The zero-order chi connectivity index (χ0) is 38.9. The number of hydrogen-bond acceptors (Lipinski definition) is 5. The van der Waals surface area contributed by atoms with E-state index in [0.717, 1.165) is 66.8 Å². The number of phenolic OH excluding ortho intramolecular Hbond substituents is 1. The molecule has 1 aliphatic heterocycles. The Morgan fingerprint density at radius 2 is 0.923 bits per heavy atom. The Morgan fingerprint density at radius 1 is 0.558 bits per heavy atom. The van der Waals surface area contributed by atoms with E-state index >= 15 is 4.57 Å². The summed E-state index contributed by atoms with van der Waals surface area (Å²) < 4.78 is 36.2. The smallest absolute Gasteiger partial charge is 0.507 e. The molecule has 4 aromatic rings. The first-order valence-corrected chi connectivity index (χ1v) is 20.1. The van der Waals surface area contributed by atoms with Gasteiger partial charge in [0.25, 0.3) is 0 Å². The second kappa shape index (κ2) is 13.3. The number of hydrogen-bond donors (Lipinski definition) is 1. The second-order valence-corrected chi connectivity index (χ2v) is 20.7. The Hall–Kier alpha value is -3.69. The minimum absolute atomic E-state index is 0.258. The van der Waals surface area contributed by atoms with Gasteiger partial charge < -0.3 is 18.7 Å². The van der Waals surface area contributed by atoms with E-state index in [1.165, 1.54) is 0 Å². The number of fused-ring (bicyclic) bond motifs is 2. The molecule has 0 radical (unpaired) electrons. The average Bonchev–Trinajstić information content (AvgIpc) is 2.95. The summed E-state index contributed by atoms with van der Waals surface area (Å²) in [7, 11) is -4.46. The van der Waals surface area contributed by atoms with Crippen LogP contribution in [-0.4, -0.2) is 5.11 Å². The topological polar surface area (TPSA) is 65.0 Å². The van der Waals surface area contributed by atoms with E-state index in [1.807, 2.05) is 6.07 Å². The fourth-order valence-electron chi connectivity index (χ4n) is 7.30. The number of phenols is 1. The highest BCUT2D eigenvalue weighted by molar-refractivity contribution is 7.49. The lowest BCUT2D eigenvalue weighted by Crippen LogP contribution is -2.22. The molecule has 0 fully saturated rings. The van der Waals surface area contributed by atoms with Crippen LogP contribution in [0.5, 0.6) is 23.0 Å². The largest absolute Gasteiger partial charge is 0.647 e. The van der Waals surface area contributed by atoms with Gasteiger partial charge in [-0.15, -0.1) is 0 Å². The number of phosphoric acid groups is 1. The number of benzene rings is 4. The first kappa shape index (κ1) is 39.5. The van der Waals surface area contributed by atoms with Crippen molar-refractivity contribution in [1.29, 1.82) is 0 Å². The maximum absolute atomic E-state index is 15.8. The van der Waals surface area contributed by atoms with Crippen LogP contribution in [0.3, 0.4) is 0 Å². The molecule has 5 nitrogen and oxygen atoms in total. The van der Waals surface area contributed by atoms with Gasteiger partial charge in [0.05, 0.1) is 0 Å². The van der Waals surface area contributed by atoms with Crippen LogP contribution in [-0.2, 0) is 39.1 Å². The van der Waals surface area contributed by atoms with Crippen LogP contribution in [0.15, 0.2) is 48.5 Å². The lowest BCUT2D eigenvalue weighted by molar-refractivity contribution is 0.285. The van der Waals surface area contributed by atoms with E-state index in [1.54, 1.807) is 0 Å². The van der Waals surface area contributed by atoms with Gasteiger partial charge in [0.15, 0.2) is 0 Å². The van der Waals surface area contributed by atoms with Crippen LogP contribution in [0.25, 0.3) is 0 Å². The minimum atomic E-state index is -4.46. The van der Waals surface area contributed by atoms with E-state index in [4.69, 9.17) is 13.6 Å². The van der Waals surface area contributed by atoms with Crippen molar-refractivity contribution in [2.24, 2.45) is 0 Å². The van der Waals surface area contributed by atoms with Gasteiger partial charge in [-0.1, -0.05) is 154 Å². The third-order valence-corrected chi connectivity index (χ3v) is 11.1. The van der Waals surface area contributed by atoms with E-state index in [2.05, 4.69) is 153 Å². The van der Waals surface area contributed by atoms with Crippen molar-refractivity contribution >= 4 is 7.82 Å². The Balaban J connectivity index is 1.81. The summed E-state index contributed by atoms with van der Waals surface area (Å²) in [5.41, 5.74) is 10.2. The van der Waals surface area contributed by atoms with Crippen LogP contribution < -0.4 is 13.6 Å². The molecule has 1 N–H and O–H groups in total. The van der Waals surface area contributed by atoms with Gasteiger partial charge >= 0.3 is 7.82 Å². The normalized spacial score (nSPS) is 14.8. The van der Waals surface area contributed by atoms with Crippen LogP contribution in [0.2, 0.25) is 0 Å². The maximum atomic E-state index is 15.8. The molecular formula is C46H61O5P. The molecule has 0 aliphatic carbocycles. The van der Waals surface area contributed by atoms with E-state index < -0.39 is 7.82 Å². The Morgan fingerprint density at radius 3 is 1.35 bits per heavy atom. The lowest BCUT2D eigenvalue weighted by atomic mass is 9.81. The van der Waals surface area contributed by atoms with Gasteiger partial charge in [0.2, 0.25) is 0 Å². The van der Waals surface area contributed by atoms with E-state index in [-0.39, 0.29) is 27.4 Å². The van der Waals surface area contributed by atoms with Crippen molar-refractivity contribution in [2.45, 2.75) is 145 Å². The fourth-order valence-corrected chi connectivity index (χ4v) is 8.72. The molecule has 0 unspecified atom stereocenters. The van der Waals surface area contributed by atoms with E-state index in [9.17, 15) is 5.11 Å². The molecule has 280 valence electrons. The summed E-state index contributed by atoms with van der Waals surface area (Å²) >= 11 is 0. The van der Waals surface area contributed by atoms with Gasteiger partial charge in [-0.2, -0.15) is 4.57 Å². The molecule has 1 heterocycles. The number of aromatic hydroxyl groups is 1. The Bertz CT molecular complexity index is 2000. The first-order valence-electron chi connectivity index (χ1n) is 18.6. The molecule has 0 saturated carbocycles. The average molecular weight is 725 g/mol. The molecule has 1 aliphatic rings. The van der Waals surface area contributed by atoms with Gasteiger partial charge in [-0.3, -0.25) is 0 Å². The molecule has 6 heteroatoms. The third-order valence-electron chi connectivity index (χ3n) is 9.87. The molecule has 0 spiro atoms. The van der Waals surface area contributed by atoms with Crippen molar-refractivity contribution in [1.82, 2.24) is 0 Å². The second-order valence-electron chi connectivity index (χ2n) is 19.3. The fraction of sp³-hybridized carbons (Fsp3) is 0.478. The van der Waals surface area contributed by atoms with Gasteiger partial charge in [0.1, 0.15) is 23.0 Å². The summed E-state index contributed by atoms with van der Waals surface area (Å²) in [6.07, 6.45) is 0.925. The molecule has 0 atom stereocenters. The first-order chi connectivity index (χ1) is 23.7. The SMILES string of the molecule is Cc1cc(Cc2cc(C)cc(C(C)(C)C)c2OP2(=O)Oc3c(cc(C)cc3C(C)(C)C)Cc3cc(C)cc(C(C)(C)C)c3O2)c(O)c(C(C)(C)C)c1. The summed E-state index contributed by atoms with van der Waals surface area (Å²) in [4.78, 5) is 0. The predicted octanol–water partition coefficient (Wildman–Crippen LogP) is 13.0. The molecule has 0 aromatic heterocycles. The van der Waals surface area contributed by atoms with E-state index in [0.29, 0.717) is 30.1 Å². The monoisotopic (exact) mass is 724 g/mol. The number of rotatable bonds is 4. The number of phosphoric ester groups is 1. The van der Waals surface area contributed by atoms with Crippen LogP contribution in [0.4, 0.5) is 0 Å². The molecule has 5 rings (SSSR count). The quantitative estimate of drug-likeness (QED) is 0.212. The van der Waals surface area contributed by atoms with Gasteiger partial charge in [-0.05, 0) is 77.2 Å². The van der Waals surface area contributed by atoms with Crippen molar-refractivity contribution in [3.8, 4) is 23.0 Å². The standard InChI is InChI=1S/C46H61O5P/c1-27-17-31(39(47)35(21-27)43(5,6)7)25-32-18-28(2)22-36(44(8,9)10)40(32)49-52(48)50-41-33(19-29(3)23-37(41)45(11,12)13)26-34-20-30(4)24-38(42(34)51-52)46(14,15)16/h17-24,47H,25-26H2,1-16H3. The minimum Gasteiger partial charge on any atom is -0.507 e. The molecule has 52 heavy (non-hydrogen) atoms. The summed E-state index contributed by atoms with van der Waals surface area (Å²) in [5.74, 6) is 1.81. The maximum Gasteiger partial charge on any atom is 0.647 e. The van der Waals surface area contributed by atoms with Crippen molar-refractivity contribution < 1.29 is 23.2 Å². The summed E-state index contributed by atoms with van der Waals surface area (Å²) in [5, 5.41) is 11.7.